The van der Waals surface area contributed by atoms with E-state index >= 15 is 0 Å². The lowest BCUT2D eigenvalue weighted by Gasteiger charge is -2.42. The molecule has 1 amide bonds. The molecule has 0 aromatic carbocycles. The quantitative estimate of drug-likeness (QED) is 0.579. The van der Waals surface area contributed by atoms with Crippen molar-refractivity contribution in [1.29, 1.82) is 0 Å². The summed E-state index contributed by atoms with van der Waals surface area (Å²) in [6, 6.07) is 0.399. The van der Waals surface area contributed by atoms with Crippen LogP contribution in [0.2, 0.25) is 0 Å². The summed E-state index contributed by atoms with van der Waals surface area (Å²) in [5.74, 6) is 0.588. The van der Waals surface area contributed by atoms with Crippen LogP contribution in [0.3, 0.4) is 0 Å². The van der Waals surface area contributed by atoms with Crippen LogP contribution >= 0.6 is 11.8 Å². The number of amides is 1. The number of carbonyl (C=O) groups is 1. The highest BCUT2D eigenvalue weighted by molar-refractivity contribution is 8.01. The van der Waals surface area contributed by atoms with Crippen molar-refractivity contribution in [1.82, 2.24) is 4.90 Å². The monoisotopic (exact) mass is 215 g/mol. The molecule has 0 spiro atoms. The summed E-state index contributed by atoms with van der Waals surface area (Å²) >= 11 is 1.94. The predicted molar refractivity (Wildman–Crippen MR) is 62.3 cm³/mol. The van der Waals surface area contributed by atoms with Gasteiger partial charge in [-0.1, -0.05) is 20.8 Å². The van der Waals surface area contributed by atoms with Gasteiger partial charge in [0.2, 0.25) is 5.91 Å². The average molecular weight is 215 g/mol. The van der Waals surface area contributed by atoms with E-state index in [0.29, 0.717) is 17.3 Å². The fourth-order valence-corrected chi connectivity index (χ4v) is 3.61. The van der Waals surface area contributed by atoms with E-state index in [1.165, 1.54) is 0 Å². The van der Waals surface area contributed by atoms with Gasteiger partial charge in [0.25, 0.3) is 0 Å². The standard InChI is InChI=1S/C9H15NOS.C2H6/c1-5-7(11)10-6(2)9(3,4)12-8(5)10;1-2/h5-6,8H,1-4H3;1-2H3/t5-,6+,8-;/m1./s1. The molecule has 2 aliphatic rings. The number of carbonyl (C=O) groups excluding carboxylic acids is 1. The molecule has 0 aromatic rings. The van der Waals surface area contributed by atoms with Gasteiger partial charge in [0, 0.05) is 10.8 Å². The zero-order valence-electron chi connectivity index (χ0n) is 10.00. The molecule has 0 aromatic heterocycles. The van der Waals surface area contributed by atoms with Crippen molar-refractivity contribution in [3.05, 3.63) is 0 Å². The lowest BCUT2D eigenvalue weighted by Crippen LogP contribution is -2.58. The Morgan fingerprint density at radius 2 is 1.79 bits per heavy atom. The molecule has 0 N–H and O–H groups in total. The first-order valence-corrected chi connectivity index (χ1v) is 6.33. The van der Waals surface area contributed by atoms with Gasteiger partial charge in [-0.15, -0.1) is 11.8 Å². The first-order valence-electron chi connectivity index (χ1n) is 5.45. The van der Waals surface area contributed by atoms with E-state index in [9.17, 15) is 4.79 Å². The molecule has 0 unspecified atom stereocenters. The fraction of sp³-hybridized carbons (Fsp3) is 0.909. The number of nitrogens with zero attached hydrogens (tertiary/aromatic N) is 1. The molecule has 0 bridgehead atoms. The van der Waals surface area contributed by atoms with E-state index in [1.807, 2.05) is 37.4 Å². The van der Waals surface area contributed by atoms with E-state index in [2.05, 4.69) is 20.8 Å². The Kier molecular flexibility index (Phi) is 3.20. The van der Waals surface area contributed by atoms with Crippen LogP contribution in [-0.2, 0) is 4.79 Å². The SMILES string of the molecule is CC.C[C@@H]1C(=O)N2[C@@H]1SC(C)(C)[C@@H]2C. The van der Waals surface area contributed by atoms with E-state index in [4.69, 9.17) is 0 Å². The summed E-state index contributed by atoms with van der Waals surface area (Å²) in [7, 11) is 0. The van der Waals surface area contributed by atoms with Gasteiger partial charge in [-0.25, -0.2) is 0 Å². The van der Waals surface area contributed by atoms with Gasteiger partial charge in [0.15, 0.2) is 0 Å². The first-order chi connectivity index (χ1) is 6.45. The van der Waals surface area contributed by atoms with Crippen LogP contribution in [0.15, 0.2) is 0 Å². The third kappa shape index (κ3) is 1.46. The van der Waals surface area contributed by atoms with Gasteiger partial charge in [-0.2, -0.15) is 0 Å². The molecule has 2 heterocycles. The minimum Gasteiger partial charge on any atom is -0.325 e. The van der Waals surface area contributed by atoms with Crippen LogP contribution in [0.1, 0.15) is 41.5 Å². The molecular weight excluding hydrogens is 194 g/mol. The molecule has 0 radical (unpaired) electrons. The van der Waals surface area contributed by atoms with Crippen molar-refractivity contribution in [3.63, 3.8) is 0 Å². The average Bonchev–Trinajstić information content (AvgIpc) is 2.39. The van der Waals surface area contributed by atoms with Gasteiger partial charge < -0.3 is 4.90 Å². The lowest BCUT2D eigenvalue weighted by molar-refractivity contribution is -0.151. The molecule has 3 atom stereocenters. The Labute approximate surface area is 91.4 Å². The third-order valence-corrected chi connectivity index (χ3v) is 5.02. The molecule has 14 heavy (non-hydrogen) atoms. The molecule has 2 fully saturated rings. The largest absolute Gasteiger partial charge is 0.325 e. The number of hydrogen-bond donors (Lipinski definition) is 0. The number of rotatable bonds is 0. The molecule has 2 saturated heterocycles. The van der Waals surface area contributed by atoms with Crippen molar-refractivity contribution in [2.24, 2.45) is 5.92 Å². The van der Waals surface area contributed by atoms with E-state index in [1.54, 1.807) is 0 Å². The minimum absolute atomic E-state index is 0.241. The van der Waals surface area contributed by atoms with Crippen LogP contribution in [0, 0.1) is 5.92 Å². The fourth-order valence-electron chi connectivity index (χ4n) is 1.96. The molecular formula is C11H21NOS. The summed E-state index contributed by atoms with van der Waals surface area (Å²) in [6.07, 6.45) is 0. The number of β-lactam (4-membered cyclic amide) rings is 1. The van der Waals surface area contributed by atoms with Crippen molar-refractivity contribution < 1.29 is 4.79 Å². The summed E-state index contributed by atoms with van der Waals surface area (Å²) in [5.41, 5.74) is 0. The van der Waals surface area contributed by atoms with Crippen LogP contribution in [-0.4, -0.2) is 27.0 Å². The first kappa shape index (κ1) is 11.9. The Morgan fingerprint density at radius 3 is 2.21 bits per heavy atom. The highest BCUT2D eigenvalue weighted by Gasteiger charge is 2.57. The molecule has 2 rings (SSSR count). The Morgan fingerprint density at radius 1 is 1.29 bits per heavy atom. The molecule has 2 nitrogen and oxygen atoms in total. The van der Waals surface area contributed by atoms with Crippen LogP contribution < -0.4 is 0 Å². The number of fused-ring (bicyclic) bond motifs is 1. The van der Waals surface area contributed by atoms with Gasteiger partial charge >= 0.3 is 0 Å². The highest BCUT2D eigenvalue weighted by atomic mass is 32.2. The zero-order valence-corrected chi connectivity index (χ0v) is 10.8. The molecule has 3 heteroatoms. The summed E-state index contributed by atoms with van der Waals surface area (Å²) < 4.78 is 0.241. The highest BCUT2D eigenvalue weighted by Crippen LogP contribution is 2.52. The molecule has 0 saturated carbocycles. The van der Waals surface area contributed by atoms with Crippen LogP contribution in [0.25, 0.3) is 0 Å². The van der Waals surface area contributed by atoms with Gasteiger partial charge in [0.05, 0.1) is 11.3 Å². The van der Waals surface area contributed by atoms with Crippen LogP contribution in [0.4, 0.5) is 0 Å². The number of thioether (sulfide) groups is 1. The lowest BCUT2D eigenvalue weighted by atomic mass is 9.94. The van der Waals surface area contributed by atoms with E-state index in [-0.39, 0.29) is 10.7 Å². The third-order valence-electron chi connectivity index (χ3n) is 3.19. The van der Waals surface area contributed by atoms with Gasteiger partial charge in [-0.05, 0) is 20.8 Å². The topological polar surface area (TPSA) is 20.3 Å². The van der Waals surface area contributed by atoms with Crippen molar-refractivity contribution in [2.75, 3.05) is 0 Å². The van der Waals surface area contributed by atoms with Crippen LogP contribution in [0.5, 0.6) is 0 Å². The molecule has 82 valence electrons. The second-order valence-corrected chi connectivity index (χ2v) is 6.09. The van der Waals surface area contributed by atoms with Crippen molar-refractivity contribution in [3.8, 4) is 0 Å². The summed E-state index contributed by atoms with van der Waals surface area (Å²) in [4.78, 5) is 13.5. The smallest absolute Gasteiger partial charge is 0.229 e. The van der Waals surface area contributed by atoms with Gasteiger partial charge in [0.1, 0.15) is 0 Å². The van der Waals surface area contributed by atoms with Crippen molar-refractivity contribution in [2.45, 2.75) is 57.7 Å². The van der Waals surface area contributed by atoms with Gasteiger partial charge in [-0.3, -0.25) is 4.79 Å². The maximum absolute atomic E-state index is 11.5. The Hall–Kier alpha value is -0.180. The maximum Gasteiger partial charge on any atom is 0.229 e. The molecule has 0 aliphatic carbocycles. The van der Waals surface area contributed by atoms with E-state index in [0.717, 1.165) is 0 Å². The summed E-state index contributed by atoms with van der Waals surface area (Å²) in [5, 5.41) is 0.461. The molecule has 2 aliphatic heterocycles. The maximum atomic E-state index is 11.5. The minimum atomic E-state index is 0.241. The zero-order chi connectivity index (χ0) is 11.1. The second kappa shape index (κ2) is 3.76. The number of hydrogen-bond acceptors (Lipinski definition) is 2. The normalized spacial score (nSPS) is 38.3. The summed E-state index contributed by atoms with van der Waals surface area (Å²) in [6.45, 7) is 12.6. The van der Waals surface area contributed by atoms with Crippen molar-refractivity contribution >= 4 is 17.7 Å². The Balaban J connectivity index is 0.000000461. The second-order valence-electron chi connectivity index (χ2n) is 4.32. The predicted octanol–water partition coefficient (Wildman–Crippen LogP) is 2.73. The Bertz CT molecular complexity index is 239. The van der Waals surface area contributed by atoms with E-state index < -0.39 is 0 Å².